The molecule has 1 atom stereocenters. The number of ketones is 1. The van der Waals surface area contributed by atoms with Gasteiger partial charge in [0.1, 0.15) is 0 Å². The van der Waals surface area contributed by atoms with Crippen LogP contribution in [0.5, 0.6) is 0 Å². The van der Waals surface area contributed by atoms with Crippen LogP contribution in [0.4, 0.5) is 11.6 Å². The molecule has 0 radical (unpaired) electrons. The number of anilines is 2. The van der Waals surface area contributed by atoms with Gasteiger partial charge in [0.25, 0.3) is 5.91 Å². The first-order chi connectivity index (χ1) is 12.1. The average Bonchev–Trinajstić information content (AvgIpc) is 3.14. The quantitative estimate of drug-likeness (QED) is 0.785. The monoisotopic (exact) mass is 340 g/mol. The summed E-state index contributed by atoms with van der Waals surface area (Å²) in [5.41, 5.74) is 1.57. The zero-order valence-corrected chi connectivity index (χ0v) is 14.0. The second-order valence-corrected chi connectivity index (χ2v) is 5.90. The Morgan fingerprint density at radius 2 is 1.88 bits per heavy atom. The van der Waals surface area contributed by atoms with Gasteiger partial charge in [0.15, 0.2) is 5.78 Å². The molecular weight excluding hydrogens is 320 g/mol. The summed E-state index contributed by atoms with van der Waals surface area (Å²) in [5.74, 6) is 0.150. The Morgan fingerprint density at radius 3 is 2.48 bits per heavy atom. The zero-order chi connectivity index (χ0) is 17.6. The molecule has 1 unspecified atom stereocenters. The molecule has 1 aromatic heterocycles. The van der Waals surface area contributed by atoms with Crippen molar-refractivity contribution in [1.29, 1.82) is 0 Å². The van der Waals surface area contributed by atoms with Crippen LogP contribution in [0.1, 0.15) is 40.5 Å². The van der Waals surface area contributed by atoms with Crippen LogP contribution in [-0.4, -0.2) is 40.9 Å². The van der Waals surface area contributed by atoms with Crippen molar-refractivity contribution in [2.24, 2.45) is 0 Å². The third-order valence-electron chi connectivity index (χ3n) is 3.98. The minimum atomic E-state index is -0.304. The van der Waals surface area contributed by atoms with E-state index in [1.807, 2.05) is 0 Å². The summed E-state index contributed by atoms with van der Waals surface area (Å²) in [6, 6.07) is 6.72. The molecular formula is C18H20N4O3. The van der Waals surface area contributed by atoms with E-state index < -0.39 is 0 Å². The predicted octanol–water partition coefficient (Wildman–Crippen LogP) is 2.52. The SMILES string of the molecule is CC(=O)c1ccc(NC(=O)c2cnc(NCC3CCCO3)nc2)cc1. The molecule has 1 fully saturated rings. The van der Waals surface area contributed by atoms with E-state index in [2.05, 4.69) is 20.6 Å². The van der Waals surface area contributed by atoms with Gasteiger partial charge in [-0.25, -0.2) is 9.97 Å². The lowest BCUT2D eigenvalue weighted by Gasteiger charge is -2.10. The first kappa shape index (κ1) is 17.0. The molecule has 1 aliphatic rings. The number of hydrogen-bond acceptors (Lipinski definition) is 6. The molecule has 3 rings (SSSR count). The minimum Gasteiger partial charge on any atom is -0.376 e. The van der Waals surface area contributed by atoms with Crippen LogP contribution < -0.4 is 10.6 Å². The van der Waals surface area contributed by atoms with Gasteiger partial charge in [-0.05, 0) is 44.0 Å². The molecule has 2 heterocycles. The van der Waals surface area contributed by atoms with E-state index >= 15 is 0 Å². The number of ether oxygens (including phenoxy) is 1. The number of aromatic nitrogens is 2. The number of carbonyl (C=O) groups is 2. The van der Waals surface area contributed by atoms with Gasteiger partial charge in [-0.1, -0.05) is 0 Å². The molecule has 0 bridgehead atoms. The molecule has 1 saturated heterocycles. The lowest BCUT2D eigenvalue weighted by Crippen LogP contribution is -2.20. The highest BCUT2D eigenvalue weighted by Gasteiger charge is 2.15. The Bertz CT molecular complexity index is 738. The Morgan fingerprint density at radius 1 is 1.16 bits per heavy atom. The van der Waals surface area contributed by atoms with Crippen molar-refractivity contribution in [2.75, 3.05) is 23.8 Å². The highest BCUT2D eigenvalue weighted by atomic mass is 16.5. The fraction of sp³-hybridized carbons (Fsp3) is 0.333. The van der Waals surface area contributed by atoms with Gasteiger partial charge in [-0.2, -0.15) is 0 Å². The molecule has 0 aliphatic carbocycles. The molecule has 1 amide bonds. The number of carbonyl (C=O) groups excluding carboxylic acids is 2. The number of hydrogen-bond donors (Lipinski definition) is 2. The highest BCUT2D eigenvalue weighted by molar-refractivity contribution is 6.04. The van der Waals surface area contributed by atoms with Crippen LogP contribution in [0.2, 0.25) is 0 Å². The van der Waals surface area contributed by atoms with Crippen LogP contribution in [0.25, 0.3) is 0 Å². The number of amides is 1. The normalized spacial score (nSPS) is 16.4. The second-order valence-electron chi connectivity index (χ2n) is 5.90. The van der Waals surface area contributed by atoms with Gasteiger partial charge >= 0.3 is 0 Å². The van der Waals surface area contributed by atoms with E-state index in [-0.39, 0.29) is 17.8 Å². The third-order valence-corrected chi connectivity index (χ3v) is 3.98. The van der Waals surface area contributed by atoms with Crippen molar-refractivity contribution in [2.45, 2.75) is 25.9 Å². The maximum atomic E-state index is 12.2. The summed E-state index contributed by atoms with van der Waals surface area (Å²) in [6.45, 7) is 2.97. The maximum Gasteiger partial charge on any atom is 0.258 e. The van der Waals surface area contributed by atoms with E-state index in [9.17, 15) is 9.59 Å². The van der Waals surface area contributed by atoms with Crippen molar-refractivity contribution in [3.05, 3.63) is 47.8 Å². The van der Waals surface area contributed by atoms with Crippen LogP contribution in [0.3, 0.4) is 0 Å². The van der Waals surface area contributed by atoms with E-state index in [4.69, 9.17) is 4.74 Å². The van der Waals surface area contributed by atoms with E-state index in [1.54, 1.807) is 24.3 Å². The lowest BCUT2D eigenvalue weighted by atomic mass is 10.1. The molecule has 2 aromatic rings. The molecule has 0 saturated carbocycles. The largest absolute Gasteiger partial charge is 0.376 e. The molecule has 7 nitrogen and oxygen atoms in total. The van der Waals surface area contributed by atoms with E-state index in [0.29, 0.717) is 29.3 Å². The van der Waals surface area contributed by atoms with E-state index in [1.165, 1.54) is 19.3 Å². The maximum absolute atomic E-state index is 12.2. The first-order valence-electron chi connectivity index (χ1n) is 8.22. The first-order valence-corrected chi connectivity index (χ1v) is 8.22. The molecule has 130 valence electrons. The van der Waals surface area contributed by atoms with Gasteiger partial charge in [0.05, 0.1) is 11.7 Å². The molecule has 25 heavy (non-hydrogen) atoms. The summed E-state index contributed by atoms with van der Waals surface area (Å²) in [4.78, 5) is 31.8. The molecule has 0 spiro atoms. The van der Waals surface area contributed by atoms with Crippen molar-refractivity contribution in [3.63, 3.8) is 0 Å². The van der Waals surface area contributed by atoms with Crippen LogP contribution in [0.15, 0.2) is 36.7 Å². The van der Waals surface area contributed by atoms with Crippen molar-refractivity contribution in [1.82, 2.24) is 9.97 Å². The Hall–Kier alpha value is -2.80. The summed E-state index contributed by atoms with van der Waals surface area (Å²) < 4.78 is 5.52. The third kappa shape index (κ3) is 4.60. The predicted molar refractivity (Wildman–Crippen MR) is 93.9 cm³/mol. The molecule has 7 heteroatoms. The number of benzene rings is 1. The van der Waals surface area contributed by atoms with Gasteiger partial charge in [0, 0.05) is 36.8 Å². The second kappa shape index (κ2) is 7.85. The fourth-order valence-corrected chi connectivity index (χ4v) is 2.54. The van der Waals surface area contributed by atoms with Crippen molar-refractivity contribution < 1.29 is 14.3 Å². The standard InChI is InChI=1S/C18H20N4O3/c1-12(23)13-4-6-15(7-5-13)22-17(24)14-9-19-18(20-10-14)21-11-16-3-2-8-25-16/h4-7,9-10,16H,2-3,8,11H2,1H3,(H,22,24)(H,19,20,21). The Kier molecular flexibility index (Phi) is 5.35. The average molecular weight is 340 g/mol. The smallest absolute Gasteiger partial charge is 0.258 e. The Balaban J connectivity index is 1.55. The summed E-state index contributed by atoms with van der Waals surface area (Å²) in [7, 11) is 0. The number of nitrogens with one attached hydrogen (secondary N) is 2. The van der Waals surface area contributed by atoms with Crippen LogP contribution in [-0.2, 0) is 4.74 Å². The lowest BCUT2D eigenvalue weighted by molar-refractivity contribution is 0.101. The van der Waals surface area contributed by atoms with Crippen molar-refractivity contribution >= 4 is 23.3 Å². The summed E-state index contributed by atoms with van der Waals surface area (Å²) in [5, 5.41) is 5.86. The fourth-order valence-electron chi connectivity index (χ4n) is 2.54. The Labute approximate surface area is 145 Å². The minimum absolute atomic E-state index is 0.0163. The summed E-state index contributed by atoms with van der Waals surface area (Å²) >= 11 is 0. The molecule has 1 aliphatic heterocycles. The zero-order valence-electron chi connectivity index (χ0n) is 14.0. The van der Waals surface area contributed by atoms with E-state index in [0.717, 1.165) is 19.4 Å². The number of Topliss-reactive ketones (excluding diaryl/α,β-unsaturated/α-hetero) is 1. The van der Waals surface area contributed by atoms with Crippen molar-refractivity contribution in [3.8, 4) is 0 Å². The molecule has 2 N–H and O–H groups in total. The van der Waals surface area contributed by atoms with Gasteiger partial charge in [-0.15, -0.1) is 0 Å². The number of nitrogens with zero attached hydrogens (tertiary/aromatic N) is 2. The summed E-state index contributed by atoms with van der Waals surface area (Å²) in [6.07, 6.45) is 5.27. The topological polar surface area (TPSA) is 93.2 Å². The van der Waals surface area contributed by atoms with Crippen LogP contribution in [0, 0.1) is 0 Å². The van der Waals surface area contributed by atoms with Crippen LogP contribution >= 0.6 is 0 Å². The molecule has 1 aromatic carbocycles. The van der Waals surface area contributed by atoms with Gasteiger partial charge in [-0.3, -0.25) is 9.59 Å². The van der Waals surface area contributed by atoms with Gasteiger partial charge < -0.3 is 15.4 Å². The van der Waals surface area contributed by atoms with Gasteiger partial charge in [0.2, 0.25) is 5.95 Å². The number of rotatable bonds is 6. The highest BCUT2D eigenvalue weighted by Crippen LogP contribution is 2.13.